The fraction of sp³-hybridized carbons (Fsp3) is 0.478. The van der Waals surface area contributed by atoms with Gasteiger partial charge >= 0.3 is 0 Å². The zero-order chi connectivity index (χ0) is 20.5. The van der Waals surface area contributed by atoms with Crippen LogP contribution in [0, 0.1) is 0 Å². The lowest BCUT2D eigenvalue weighted by Crippen LogP contribution is -3.00. The van der Waals surface area contributed by atoms with E-state index in [1.807, 2.05) is 12.1 Å². The fourth-order valence-corrected chi connectivity index (χ4v) is 5.10. The highest BCUT2D eigenvalue weighted by Gasteiger charge is 2.55. The van der Waals surface area contributed by atoms with Gasteiger partial charge in [-0.2, -0.15) is 0 Å². The molecule has 4 rings (SSSR count). The van der Waals surface area contributed by atoms with Crippen LogP contribution in [0.4, 0.5) is 0 Å². The quantitative estimate of drug-likeness (QED) is 0.549. The minimum absolute atomic E-state index is 0. The Morgan fingerprint density at radius 3 is 1.13 bits per heavy atom. The van der Waals surface area contributed by atoms with E-state index >= 15 is 0 Å². The van der Waals surface area contributed by atoms with E-state index in [1.54, 1.807) is 28.4 Å². The summed E-state index contributed by atoms with van der Waals surface area (Å²) in [5.41, 5.74) is 2.57. The van der Waals surface area contributed by atoms with E-state index in [2.05, 4.69) is 24.3 Å². The van der Waals surface area contributed by atoms with Crippen LogP contribution in [0.2, 0.25) is 0 Å². The first-order chi connectivity index (χ1) is 14.0. The van der Waals surface area contributed by atoms with Crippen LogP contribution in [-0.4, -0.2) is 70.3 Å². The number of nitrogens with zero attached hydrogens (tertiary/aromatic N) is 2. The van der Waals surface area contributed by atoms with Crippen LogP contribution in [0.1, 0.15) is 11.1 Å². The second-order valence-electron chi connectivity index (χ2n) is 8.48. The highest BCUT2D eigenvalue weighted by Crippen LogP contribution is 2.37. The molecule has 2 heterocycles. The maximum absolute atomic E-state index is 5.47. The maximum atomic E-state index is 5.47. The number of fused-ring (bicyclic) bond motifs is 2. The molecule has 2 aliphatic heterocycles. The Kier molecular flexibility index (Phi) is 6.70. The summed E-state index contributed by atoms with van der Waals surface area (Å²) in [6, 6.07) is 12.5. The van der Waals surface area contributed by atoms with Gasteiger partial charge in [-0.3, -0.25) is 8.97 Å². The Bertz CT molecular complexity index is 766. The molecule has 0 saturated carbocycles. The molecule has 2 aromatic carbocycles. The molecule has 0 spiro atoms. The first-order valence-electron chi connectivity index (χ1n) is 10.2. The van der Waals surface area contributed by atoms with Crippen molar-refractivity contribution in [2.45, 2.75) is 13.1 Å². The molecular formula is C23H32ClN2O4+. The number of piperazine rings is 1. The molecule has 2 aliphatic rings. The van der Waals surface area contributed by atoms with Crippen LogP contribution in [-0.2, 0) is 13.1 Å². The Labute approximate surface area is 185 Å². The Balaban J connectivity index is 0.00000256. The van der Waals surface area contributed by atoms with E-state index in [4.69, 9.17) is 18.9 Å². The molecule has 2 aromatic rings. The van der Waals surface area contributed by atoms with E-state index < -0.39 is 0 Å². The van der Waals surface area contributed by atoms with Crippen molar-refractivity contribution < 1.29 is 40.3 Å². The van der Waals surface area contributed by atoms with Gasteiger partial charge in [0.05, 0.1) is 28.4 Å². The van der Waals surface area contributed by atoms with E-state index in [-0.39, 0.29) is 12.4 Å². The van der Waals surface area contributed by atoms with Gasteiger partial charge in [0, 0.05) is 23.3 Å². The lowest BCUT2D eigenvalue weighted by Gasteiger charge is -2.27. The van der Waals surface area contributed by atoms with Crippen LogP contribution in [0.25, 0.3) is 0 Å². The van der Waals surface area contributed by atoms with Crippen molar-refractivity contribution in [1.82, 2.24) is 0 Å². The second-order valence-corrected chi connectivity index (χ2v) is 8.48. The van der Waals surface area contributed by atoms with Crippen molar-refractivity contribution in [3.8, 4) is 23.0 Å². The summed E-state index contributed by atoms with van der Waals surface area (Å²) >= 11 is 0. The van der Waals surface area contributed by atoms with E-state index in [9.17, 15) is 0 Å². The molecule has 0 aromatic heterocycles. The largest absolute Gasteiger partial charge is 1.00 e. The molecular weight excluding hydrogens is 404 g/mol. The standard InChI is InChI=1S/C23H32N2O4.ClH/c1-26-20-9-18(10-21(13-20)27-2)15-24-5-7-25(17-24,8-6-24)16-19-11-22(28-3)14-23(12-19)29-4;/h9-14H,5-8,15-17H2,1-4H3;1H/q+2;/p-1. The predicted molar refractivity (Wildman–Crippen MR) is 111 cm³/mol. The molecule has 0 N–H and O–H groups in total. The summed E-state index contributed by atoms with van der Waals surface area (Å²) in [6.07, 6.45) is 0. The number of halogens is 1. The maximum Gasteiger partial charge on any atom is 0.208 e. The third kappa shape index (κ3) is 4.46. The first-order valence-corrected chi connectivity index (χ1v) is 10.2. The molecule has 0 radical (unpaired) electrons. The molecule has 2 fully saturated rings. The van der Waals surface area contributed by atoms with Crippen LogP contribution >= 0.6 is 0 Å². The molecule has 7 heteroatoms. The van der Waals surface area contributed by atoms with Crippen molar-refractivity contribution in [2.24, 2.45) is 0 Å². The molecule has 0 atom stereocenters. The highest BCUT2D eigenvalue weighted by atomic mass is 35.5. The van der Waals surface area contributed by atoms with E-state index in [0.29, 0.717) is 0 Å². The summed E-state index contributed by atoms with van der Waals surface area (Å²) < 4.78 is 24.1. The van der Waals surface area contributed by atoms with Crippen LogP contribution in [0.5, 0.6) is 23.0 Å². The lowest BCUT2D eigenvalue weighted by molar-refractivity contribution is -1.000. The van der Waals surface area contributed by atoms with Crippen molar-refractivity contribution in [3.63, 3.8) is 0 Å². The number of hydrogen-bond donors (Lipinski definition) is 0. The van der Waals surface area contributed by atoms with Crippen molar-refractivity contribution in [2.75, 3.05) is 61.3 Å². The number of hydrogen-bond acceptors (Lipinski definition) is 4. The number of benzene rings is 2. The van der Waals surface area contributed by atoms with Gasteiger partial charge in [-0.1, -0.05) is 0 Å². The van der Waals surface area contributed by atoms with Gasteiger partial charge in [-0.25, -0.2) is 0 Å². The van der Waals surface area contributed by atoms with Crippen LogP contribution in [0.15, 0.2) is 36.4 Å². The zero-order valence-corrected chi connectivity index (χ0v) is 19.1. The monoisotopic (exact) mass is 435 g/mol. The zero-order valence-electron chi connectivity index (χ0n) is 18.3. The van der Waals surface area contributed by atoms with Gasteiger partial charge in [0.25, 0.3) is 0 Å². The normalized spacial score (nSPS) is 24.3. The molecule has 164 valence electrons. The summed E-state index contributed by atoms with van der Waals surface area (Å²) in [4.78, 5) is 0. The van der Waals surface area contributed by atoms with Crippen LogP contribution < -0.4 is 31.4 Å². The van der Waals surface area contributed by atoms with E-state index in [0.717, 1.165) is 45.1 Å². The number of ether oxygens (including phenoxy) is 4. The van der Waals surface area contributed by atoms with Gasteiger partial charge in [0.1, 0.15) is 62.3 Å². The van der Waals surface area contributed by atoms with Crippen LogP contribution in [0.3, 0.4) is 0 Å². The van der Waals surface area contributed by atoms with Gasteiger partial charge < -0.3 is 31.4 Å². The topological polar surface area (TPSA) is 36.9 Å². The molecule has 2 saturated heterocycles. The predicted octanol–water partition coefficient (Wildman–Crippen LogP) is 0.0435. The van der Waals surface area contributed by atoms with Gasteiger partial charge in [-0.05, 0) is 24.3 Å². The third-order valence-electron chi connectivity index (χ3n) is 6.56. The van der Waals surface area contributed by atoms with Gasteiger partial charge in [-0.15, -0.1) is 0 Å². The first kappa shape index (κ1) is 22.5. The van der Waals surface area contributed by atoms with Gasteiger partial charge in [0.15, 0.2) is 0 Å². The molecule has 30 heavy (non-hydrogen) atoms. The van der Waals surface area contributed by atoms with Gasteiger partial charge in [0.2, 0.25) is 6.67 Å². The fourth-order valence-electron chi connectivity index (χ4n) is 5.10. The Morgan fingerprint density at radius 1 is 0.567 bits per heavy atom. The van der Waals surface area contributed by atoms with Crippen molar-refractivity contribution in [3.05, 3.63) is 47.5 Å². The number of quaternary nitrogens is 2. The minimum atomic E-state index is 0. The average molecular weight is 436 g/mol. The number of methoxy groups -OCH3 is 4. The minimum Gasteiger partial charge on any atom is -1.00 e. The molecule has 0 unspecified atom stereocenters. The smallest absolute Gasteiger partial charge is 0.208 e. The SMILES string of the molecule is COc1cc(C[N+]23CC[N+](Cc4cc(OC)cc(OC)c4)(CC2)C3)cc(OC)c1.[Cl-]. The van der Waals surface area contributed by atoms with E-state index in [1.165, 1.54) is 44.0 Å². The molecule has 0 aliphatic carbocycles. The Morgan fingerprint density at radius 2 is 0.867 bits per heavy atom. The van der Waals surface area contributed by atoms with Crippen molar-refractivity contribution >= 4 is 0 Å². The summed E-state index contributed by atoms with van der Waals surface area (Å²) in [7, 11) is 6.84. The lowest BCUT2D eigenvalue weighted by atomic mass is 10.1. The Hall–Kier alpha value is -2.15. The number of rotatable bonds is 8. The molecule has 0 amide bonds. The summed E-state index contributed by atoms with van der Waals surface area (Å²) in [5.74, 6) is 3.45. The highest BCUT2D eigenvalue weighted by molar-refractivity contribution is 5.39. The second kappa shape index (κ2) is 8.92. The third-order valence-corrected chi connectivity index (χ3v) is 6.56. The van der Waals surface area contributed by atoms with Crippen molar-refractivity contribution in [1.29, 1.82) is 0 Å². The molecule has 2 bridgehead atoms. The summed E-state index contributed by atoms with van der Waals surface area (Å²) in [5, 5.41) is 0. The molecule has 6 nitrogen and oxygen atoms in total. The summed E-state index contributed by atoms with van der Waals surface area (Å²) in [6.45, 7) is 8.05. The average Bonchev–Trinajstić information content (AvgIpc) is 3.27.